The van der Waals surface area contributed by atoms with E-state index in [9.17, 15) is 4.79 Å². The van der Waals surface area contributed by atoms with Gasteiger partial charge in [-0.2, -0.15) is 0 Å². The number of fused-ring (bicyclic) bond motifs is 1. The number of ether oxygens (including phenoxy) is 1. The fourth-order valence-electron chi connectivity index (χ4n) is 3.35. The van der Waals surface area contributed by atoms with E-state index in [2.05, 4.69) is 5.32 Å². The first kappa shape index (κ1) is 20.7. The van der Waals surface area contributed by atoms with Gasteiger partial charge in [0.1, 0.15) is 6.10 Å². The van der Waals surface area contributed by atoms with Crippen molar-refractivity contribution in [2.24, 2.45) is 0 Å². The maximum atomic E-state index is 11.7. The summed E-state index contributed by atoms with van der Waals surface area (Å²) in [5.41, 5.74) is 4.45. The van der Waals surface area contributed by atoms with E-state index >= 15 is 0 Å². The maximum absolute atomic E-state index is 11.7. The largest absolute Gasteiger partial charge is 0.470 e. The van der Waals surface area contributed by atoms with Crippen LogP contribution in [0.25, 0.3) is 28.1 Å². The summed E-state index contributed by atoms with van der Waals surface area (Å²) in [6.07, 6.45) is 1.60. The first-order chi connectivity index (χ1) is 14.3. The molecule has 2 heterocycles. The van der Waals surface area contributed by atoms with Crippen molar-refractivity contribution in [3.8, 4) is 28.3 Å². The van der Waals surface area contributed by atoms with E-state index in [-0.39, 0.29) is 12.0 Å². The van der Waals surface area contributed by atoms with Crippen LogP contribution >= 0.6 is 34.8 Å². The molecule has 1 aromatic heterocycles. The highest BCUT2D eigenvalue weighted by Gasteiger charge is 2.24. The van der Waals surface area contributed by atoms with Crippen molar-refractivity contribution in [3.63, 3.8) is 0 Å². The molecule has 2 aromatic carbocycles. The first-order valence-electron chi connectivity index (χ1n) is 9.24. The lowest BCUT2D eigenvalue weighted by atomic mass is 9.96. The summed E-state index contributed by atoms with van der Waals surface area (Å²) in [6, 6.07) is 14.7. The highest BCUT2D eigenvalue weighted by molar-refractivity contribution is 6.36. The summed E-state index contributed by atoms with van der Waals surface area (Å²) in [4.78, 5) is 16.5. The van der Waals surface area contributed by atoms with E-state index in [1.807, 2.05) is 49.4 Å². The zero-order valence-corrected chi connectivity index (χ0v) is 18.4. The van der Waals surface area contributed by atoms with E-state index in [0.717, 1.165) is 16.7 Å². The third-order valence-electron chi connectivity index (χ3n) is 4.63. The van der Waals surface area contributed by atoms with Crippen LogP contribution < -0.4 is 10.1 Å². The molecule has 1 amide bonds. The Morgan fingerprint density at radius 3 is 2.33 bits per heavy atom. The van der Waals surface area contributed by atoms with Crippen LogP contribution in [0.4, 0.5) is 0 Å². The van der Waals surface area contributed by atoms with Crippen LogP contribution in [0.3, 0.4) is 0 Å². The van der Waals surface area contributed by atoms with Gasteiger partial charge in [-0.3, -0.25) is 4.79 Å². The van der Waals surface area contributed by atoms with E-state index in [1.54, 1.807) is 12.1 Å². The van der Waals surface area contributed by atoms with Gasteiger partial charge in [0.15, 0.2) is 0 Å². The van der Waals surface area contributed by atoms with Crippen molar-refractivity contribution >= 4 is 46.4 Å². The van der Waals surface area contributed by atoms with Gasteiger partial charge in [0.2, 0.25) is 11.8 Å². The summed E-state index contributed by atoms with van der Waals surface area (Å²) >= 11 is 18.7. The molecule has 3 aromatic rings. The van der Waals surface area contributed by atoms with Crippen molar-refractivity contribution in [1.29, 1.82) is 0 Å². The molecule has 30 heavy (non-hydrogen) atoms. The van der Waals surface area contributed by atoms with E-state index in [0.29, 0.717) is 37.9 Å². The van der Waals surface area contributed by atoms with E-state index < -0.39 is 0 Å². The minimum atomic E-state index is -0.248. The van der Waals surface area contributed by atoms with E-state index in [1.165, 1.54) is 6.92 Å². The van der Waals surface area contributed by atoms with Gasteiger partial charge in [-0.15, -0.1) is 0 Å². The SMILES string of the molecule is CC(=O)NC1=CC(C)Oc2nc(-c3ccc(Cl)cc3Cl)c(-c3ccc(Cl)cc3)cc21. The monoisotopic (exact) mass is 458 g/mol. The summed E-state index contributed by atoms with van der Waals surface area (Å²) in [5, 5.41) is 4.52. The number of amides is 1. The highest BCUT2D eigenvalue weighted by atomic mass is 35.5. The number of benzene rings is 2. The molecule has 0 spiro atoms. The van der Waals surface area contributed by atoms with Crippen molar-refractivity contribution in [1.82, 2.24) is 10.3 Å². The minimum Gasteiger partial charge on any atom is -0.470 e. The third kappa shape index (κ3) is 4.17. The molecule has 0 saturated carbocycles. The molecule has 1 N–H and O–H groups in total. The van der Waals surface area contributed by atoms with Crippen LogP contribution in [0.1, 0.15) is 19.4 Å². The first-order valence-corrected chi connectivity index (χ1v) is 10.4. The van der Waals surface area contributed by atoms with Crippen LogP contribution in [0.2, 0.25) is 15.1 Å². The van der Waals surface area contributed by atoms with Crippen molar-refractivity contribution in [3.05, 3.63) is 75.2 Å². The van der Waals surface area contributed by atoms with Crippen LogP contribution in [0.15, 0.2) is 54.6 Å². The molecule has 4 nitrogen and oxygen atoms in total. The van der Waals surface area contributed by atoms with Gasteiger partial charge in [0.25, 0.3) is 0 Å². The standard InChI is InChI=1S/C23H17Cl3N2O2/c1-12-9-21(27-13(2)29)19-11-18(14-3-5-15(24)6-4-14)22(28-23(19)30-12)17-8-7-16(25)10-20(17)26/h3-12H,1-2H3,(H,27,29). The van der Waals surface area contributed by atoms with Crippen molar-refractivity contribution < 1.29 is 9.53 Å². The lowest BCUT2D eigenvalue weighted by molar-refractivity contribution is -0.117. The Bertz CT molecular complexity index is 1170. The molecule has 0 fully saturated rings. The molecule has 0 radical (unpaired) electrons. The Labute approximate surface area is 189 Å². The lowest BCUT2D eigenvalue weighted by Gasteiger charge is -2.24. The number of carbonyl (C=O) groups is 1. The van der Waals surface area contributed by atoms with Gasteiger partial charge in [-0.05, 0) is 55.0 Å². The molecule has 0 bridgehead atoms. The molecule has 1 aliphatic rings. The summed E-state index contributed by atoms with van der Waals surface area (Å²) in [5.74, 6) is 0.256. The highest BCUT2D eigenvalue weighted by Crippen LogP contribution is 2.41. The molecule has 7 heteroatoms. The lowest BCUT2D eigenvalue weighted by Crippen LogP contribution is -2.25. The van der Waals surface area contributed by atoms with Crippen LogP contribution in [-0.2, 0) is 4.79 Å². The van der Waals surface area contributed by atoms with E-state index in [4.69, 9.17) is 44.5 Å². The molecular weight excluding hydrogens is 443 g/mol. The smallest absolute Gasteiger partial charge is 0.224 e. The number of halogens is 3. The second kappa shape index (κ2) is 8.31. The fourth-order valence-corrected chi connectivity index (χ4v) is 3.97. The Morgan fingerprint density at radius 2 is 1.67 bits per heavy atom. The Kier molecular flexibility index (Phi) is 5.74. The number of aromatic nitrogens is 1. The van der Waals surface area contributed by atoms with Crippen molar-refractivity contribution in [2.75, 3.05) is 0 Å². The normalized spacial score (nSPS) is 15.1. The molecule has 0 aliphatic carbocycles. The second-order valence-electron chi connectivity index (χ2n) is 6.95. The Balaban J connectivity index is 1.98. The molecule has 1 atom stereocenters. The topological polar surface area (TPSA) is 51.2 Å². The predicted octanol–water partition coefficient (Wildman–Crippen LogP) is 6.63. The van der Waals surface area contributed by atoms with Gasteiger partial charge in [0, 0.05) is 28.1 Å². The van der Waals surface area contributed by atoms with Gasteiger partial charge < -0.3 is 10.1 Å². The second-order valence-corrected chi connectivity index (χ2v) is 8.23. The quantitative estimate of drug-likeness (QED) is 0.478. The Hall–Kier alpha value is -2.53. The van der Waals surface area contributed by atoms with Gasteiger partial charge in [-0.1, -0.05) is 46.9 Å². The molecular formula is C23H17Cl3N2O2. The third-order valence-corrected chi connectivity index (χ3v) is 5.43. The number of nitrogens with zero attached hydrogens (tertiary/aromatic N) is 1. The van der Waals surface area contributed by atoms with Crippen LogP contribution in [0, 0.1) is 0 Å². The molecule has 1 aliphatic heterocycles. The predicted molar refractivity (Wildman–Crippen MR) is 122 cm³/mol. The average molecular weight is 460 g/mol. The van der Waals surface area contributed by atoms with Gasteiger partial charge in [0.05, 0.1) is 22.0 Å². The Morgan fingerprint density at radius 1 is 0.967 bits per heavy atom. The number of hydrogen-bond acceptors (Lipinski definition) is 3. The zero-order chi connectivity index (χ0) is 21.4. The summed E-state index contributed by atoms with van der Waals surface area (Å²) < 4.78 is 5.95. The van der Waals surface area contributed by atoms with Crippen molar-refractivity contribution in [2.45, 2.75) is 20.0 Å². The van der Waals surface area contributed by atoms with Crippen LogP contribution in [-0.4, -0.2) is 17.0 Å². The number of hydrogen-bond donors (Lipinski definition) is 1. The maximum Gasteiger partial charge on any atom is 0.224 e. The van der Waals surface area contributed by atoms with Gasteiger partial charge >= 0.3 is 0 Å². The number of carbonyl (C=O) groups excluding carboxylic acids is 1. The zero-order valence-electron chi connectivity index (χ0n) is 16.2. The number of rotatable bonds is 3. The fraction of sp³-hybridized carbons (Fsp3) is 0.130. The minimum absolute atomic E-state index is 0.167. The molecule has 4 rings (SSSR count). The summed E-state index contributed by atoms with van der Waals surface area (Å²) in [7, 11) is 0. The number of nitrogens with one attached hydrogen (secondary N) is 1. The van der Waals surface area contributed by atoms with Crippen LogP contribution in [0.5, 0.6) is 5.88 Å². The number of pyridine rings is 1. The average Bonchev–Trinajstić information content (AvgIpc) is 2.67. The van der Waals surface area contributed by atoms with Gasteiger partial charge in [-0.25, -0.2) is 4.98 Å². The summed E-state index contributed by atoms with van der Waals surface area (Å²) in [6.45, 7) is 3.35. The molecule has 0 saturated heterocycles. The molecule has 1 unspecified atom stereocenters. The molecule has 152 valence electrons.